The molecule has 0 saturated heterocycles. The molecule has 0 fully saturated rings. The van der Waals surface area contributed by atoms with Crippen LogP contribution in [-0.4, -0.2) is 64.1 Å². The Kier molecular flexibility index (Phi) is 10.4. The quantitative estimate of drug-likeness (QED) is 0.215. The molecular formula is C60H47B7N2. The van der Waals surface area contributed by atoms with Gasteiger partial charge in [-0.25, -0.2) is 0 Å². The molecule has 2 aromatic heterocycles. The van der Waals surface area contributed by atoms with Gasteiger partial charge in [0.05, 0.1) is 11.0 Å². The van der Waals surface area contributed by atoms with Crippen molar-refractivity contribution in [2.75, 3.05) is 0 Å². The third-order valence-electron chi connectivity index (χ3n) is 15.5. The Morgan fingerprint density at radius 3 is 1.30 bits per heavy atom. The predicted octanol–water partition coefficient (Wildman–Crippen LogP) is 4.02. The topological polar surface area (TPSA) is 9.86 Å². The molecule has 12 aromatic rings. The highest BCUT2D eigenvalue weighted by molar-refractivity contribution is 6.69. The van der Waals surface area contributed by atoms with Crippen LogP contribution >= 0.6 is 0 Å². The van der Waals surface area contributed by atoms with E-state index in [1.165, 1.54) is 143 Å². The third kappa shape index (κ3) is 6.89. The zero-order valence-electron chi connectivity index (χ0n) is 40.4. The zero-order valence-corrected chi connectivity index (χ0v) is 40.4. The van der Waals surface area contributed by atoms with Crippen LogP contribution in [0.25, 0.3) is 111 Å². The van der Waals surface area contributed by atoms with Crippen molar-refractivity contribution >= 4 is 137 Å². The first-order valence-electron chi connectivity index (χ1n) is 24.3. The molecule has 12 rings (SSSR count). The maximum Gasteiger partial charge on any atom is 0.141 e. The van der Waals surface area contributed by atoms with Gasteiger partial charge in [0.2, 0.25) is 0 Å². The summed E-state index contributed by atoms with van der Waals surface area (Å²) in [5.41, 5.74) is 29.0. The summed E-state index contributed by atoms with van der Waals surface area (Å²) < 4.78 is 5.05. The molecule has 0 bridgehead atoms. The lowest BCUT2D eigenvalue weighted by molar-refractivity contribution is 1.18. The summed E-state index contributed by atoms with van der Waals surface area (Å²) in [5, 5.41) is 5.19. The number of hydrogen-bond donors (Lipinski definition) is 0. The van der Waals surface area contributed by atoms with Crippen LogP contribution in [0.5, 0.6) is 0 Å². The molecule has 0 unspecified atom stereocenters. The van der Waals surface area contributed by atoms with Gasteiger partial charge in [0, 0.05) is 38.6 Å². The SMILES string of the molecule is Bc1c(B)c(B)c2c(c1B)c1c(B)c(-c3ccc4c(c3)c3ccc(-c5ccc(-c6ccccc6)cc5)cc3n4-c3ccc(-c4ccccc4)cc3)c(B)c(B)c1n2-c1cccc(-c2ccccc2)c1. The minimum Gasteiger partial charge on any atom is -0.310 e. The van der Waals surface area contributed by atoms with Gasteiger partial charge in [0.15, 0.2) is 0 Å². The average molecular weight is 872 g/mol. The Hall–Kier alpha value is -7.75. The molecule has 0 aliphatic carbocycles. The highest BCUT2D eigenvalue weighted by atomic mass is 15.0. The van der Waals surface area contributed by atoms with Crippen molar-refractivity contribution in [3.63, 3.8) is 0 Å². The summed E-state index contributed by atoms with van der Waals surface area (Å²) in [6, 6.07) is 73.5. The Labute approximate surface area is 410 Å². The molecule has 0 N–H and O–H groups in total. The van der Waals surface area contributed by atoms with Crippen molar-refractivity contribution < 1.29 is 0 Å². The Bertz CT molecular complexity index is 3990. The fraction of sp³-hybridized carbons (Fsp3) is 0. The predicted molar refractivity (Wildman–Crippen MR) is 320 cm³/mol. The minimum absolute atomic E-state index is 1.14. The molecule has 10 aromatic carbocycles. The molecule has 0 saturated carbocycles. The van der Waals surface area contributed by atoms with E-state index >= 15 is 0 Å². The van der Waals surface area contributed by atoms with E-state index in [0.29, 0.717) is 0 Å². The van der Waals surface area contributed by atoms with E-state index in [2.05, 4.69) is 264 Å². The maximum atomic E-state index is 2.58. The van der Waals surface area contributed by atoms with Crippen LogP contribution in [0.15, 0.2) is 200 Å². The number of hydrogen-bond acceptors (Lipinski definition) is 0. The molecule has 2 nitrogen and oxygen atoms in total. The van der Waals surface area contributed by atoms with E-state index in [0.717, 1.165) is 5.69 Å². The largest absolute Gasteiger partial charge is 0.310 e. The van der Waals surface area contributed by atoms with E-state index < -0.39 is 0 Å². The van der Waals surface area contributed by atoms with Crippen LogP contribution in [0, 0.1) is 0 Å². The lowest BCUT2D eigenvalue weighted by Gasteiger charge is -2.19. The van der Waals surface area contributed by atoms with E-state index in [-0.39, 0.29) is 0 Å². The second-order valence-corrected chi connectivity index (χ2v) is 19.1. The fourth-order valence-corrected chi connectivity index (χ4v) is 11.4. The van der Waals surface area contributed by atoms with Gasteiger partial charge < -0.3 is 9.13 Å². The van der Waals surface area contributed by atoms with E-state index in [9.17, 15) is 0 Å². The summed E-state index contributed by atoms with van der Waals surface area (Å²) in [7, 11) is 16.3. The smallest absolute Gasteiger partial charge is 0.141 e. The molecule has 0 amide bonds. The van der Waals surface area contributed by atoms with Gasteiger partial charge in [0.25, 0.3) is 0 Å². The highest BCUT2D eigenvalue weighted by Gasteiger charge is 2.25. The minimum atomic E-state index is 1.14. The van der Waals surface area contributed by atoms with Crippen LogP contribution in [0.3, 0.4) is 0 Å². The second kappa shape index (κ2) is 16.8. The van der Waals surface area contributed by atoms with Crippen molar-refractivity contribution in [1.29, 1.82) is 0 Å². The molecule has 2 heterocycles. The van der Waals surface area contributed by atoms with Gasteiger partial charge in [-0.1, -0.05) is 191 Å². The van der Waals surface area contributed by atoms with Crippen molar-refractivity contribution in [1.82, 2.24) is 9.13 Å². The summed E-state index contributed by atoms with van der Waals surface area (Å²) in [6.45, 7) is 0. The van der Waals surface area contributed by atoms with Crippen LogP contribution in [0.4, 0.5) is 0 Å². The molecule has 0 radical (unpaired) electrons. The van der Waals surface area contributed by atoms with Gasteiger partial charge in [-0.15, -0.1) is 5.46 Å². The van der Waals surface area contributed by atoms with Gasteiger partial charge in [-0.3, -0.25) is 0 Å². The maximum absolute atomic E-state index is 2.58. The Morgan fingerprint density at radius 1 is 0.246 bits per heavy atom. The van der Waals surface area contributed by atoms with E-state index in [1.807, 2.05) is 0 Å². The standard InChI is InChI=1S/C60H47B7N2/c61-52-49(53(62)57(66)59-50(52)51-54(63)55(64)56(65)58(67)60(51)69(59)44-18-10-17-40(31-44)36-15-8-3-9-16-36)42-26-30-47-46(32-42)45-29-25-41(39-21-19-37(20-22-39)34-11-4-1-5-12-34)33-48(45)68(47)43-27-23-38(24-28-43)35-13-6-2-7-14-35/h1-33H,61-67H2. The Balaban J connectivity index is 1.07. The first-order valence-corrected chi connectivity index (χ1v) is 24.3. The number of aromatic nitrogens is 2. The van der Waals surface area contributed by atoms with Crippen LogP contribution < -0.4 is 38.2 Å². The van der Waals surface area contributed by atoms with Crippen LogP contribution in [0.1, 0.15) is 0 Å². The van der Waals surface area contributed by atoms with Gasteiger partial charge in [0.1, 0.15) is 54.9 Å². The molecule has 318 valence electrons. The van der Waals surface area contributed by atoms with Crippen molar-refractivity contribution in [2.45, 2.75) is 0 Å². The molecule has 0 atom stereocenters. The third-order valence-corrected chi connectivity index (χ3v) is 15.5. The van der Waals surface area contributed by atoms with Gasteiger partial charge in [-0.2, -0.15) is 0 Å². The van der Waals surface area contributed by atoms with Gasteiger partial charge >= 0.3 is 0 Å². The molecule has 9 heteroatoms. The summed E-state index contributed by atoms with van der Waals surface area (Å²) in [5.74, 6) is 0. The fourth-order valence-electron chi connectivity index (χ4n) is 11.4. The van der Waals surface area contributed by atoms with Crippen molar-refractivity contribution in [3.8, 4) is 67.0 Å². The zero-order chi connectivity index (χ0) is 47.1. The lowest BCUT2D eigenvalue weighted by Crippen LogP contribution is -2.48. The normalized spacial score (nSPS) is 11.6. The summed E-state index contributed by atoms with van der Waals surface area (Å²) >= 11 is 0. The number of benzene rings is 10. The van der Waals surface area contributed by atoms with Crippen LogP contribution in [-0.2, 0) is 0 Å². The van der Waals surface area contributed by atoms with Crippen molar-refractivity contribution in [3.05, 3.63) is 200 Å². The summed E-state index contributed by atoms with van der Waals surface area (Å²) in [4.78, 5) is 0. The van der Waals surface area contributed by atoms with Crippen LogP contribution in [0.2, 0.25) is 0 Å². The summed E-state index contributed by atoms with van der Waals surface area (Å²) in [6.07, 6.45) is 0. The molecular weight excluding hydrogens is 824 g/mol. The lowest BCUT2D eigenvalue weighted by atomic mass is 9.64. The average Bonchev–Trinajstić information content (AvgIpc) is 3.94. The molecule has 0 aliphatic heterocycles. The molecule has 69 heavy (non-hydrogen) atoms. The Morgan fingerprint density at radius 2 is 0.696 bits per heavy atom. The number of nitrogens with zero attached hydrogens (tertiary/aromatic N) is 2. The number of fused-ring (bicyclic) bond motifs is 6. The van der Waals surface area contributed by atoms with Gasteiger partial charge in [-0.05, 0) is 103 Å². The molecule has 0 aliphatic rings. The number of rotatable bonds is 7. The van der Waals surface area contributed by atoms with Crippen molar-refractivity contribution in [2.24, 2.45) is 0 Å². The molecule has 0 spiro atoms. The first kappa shape index (κ1) is 42.6. The second-order valence-electron chi connectivity index (χ2n) is 19.1. The highest BCUT2D eigenvalue weighted by Crippen LogP contribution is 2.39. The first-order chi connectivity index (χ1) is 33.7. The monoisotopic (exact) mass is 872 g/mol. The van der Waals surface area contributed by atoms with E-state index in [4.69, 9.17) is 0 Å². The van der Waals surface area contributed by atoms with E-state index in [1.54, 1.807) is 0 Å².